The molecule has 4 aromatic carbocycles. The van der Waals surface area contributed by atoms with Gasteiger partial charge >= 0.3 is 0 Å². The third-order valence-electron chi connectivity index (χ3n) is 14.1. The molecule has 2 saturated heterocycles. The maximum absolute atomic E-state index is 15.1. The fourth-order valence-corrected chi connectivity index (χ4v) is 9.85. The van der Waals surface area contributed by atoms with Gasteiger partial charge in [0, 0.05) is 80.4 Å². The molecule has 7 rings (SSSR count). The zero-order valence-electron chi connectivity index (χ0n) is 42.7. The molecule has 17 heteroatoms. The highest BCUT2D eigenvalue weighted by Crippen LogP contribution is 2.33. The fraction of sp³-hybridized carbons (Fsp3) is 0.429. The number of carbonyl (C=O) groups excluding carboxylic acids is 5. The highest BCUT2D eigenvalue weighted by atomic mass is 35.5. The molecule has 73 heavy (non-hydrogen) atoms. The van der Waals surface area contributed by atoms with Gasteiger partial charge in [-0.25, -0.2) is 4.98 Å². The van der Waals surface area contributed by atoms with Gasteiger partial charge in [-0.1, -0.05) is 71.7 Å². The molecule has 5 aromatic rings. The maximum Gasteiger partial charge on any atom is 0.247 e. The highest BCUT2D eigenvalue weighted by molar-refractivity contribution is 6.31. The smallest absolute Gasteiger partial charge is 0.247 e. The molecule has 0 radical (unpaired) electrons. The van der Waals surface area contributed by atoms with Gasteiger partial charge in [0.15, 0.2) is 0 Å². The van der Waals surface area contributed by atoms with Gasteiger partial charge in [0.2, 0.25) is 29.5 Å². The number of rotatable bonds is 14. The zero-order valence-corrected chi connectivity index (χ0v) is 44.2. The lowest BCUT2D eigenvalue weighted by molar-refractivity contribution is -0.147. The zero-order chi connectivity index (χ0) is 52.2. The molecule has 15 nitrogen and oxygen atoms in total. The lowest BCUT2D eigenvalue weighted by Crippen LogP contribution is -2.57. The summed E-state index contributed by atoms with van der Waals surface area (Å²) in [4.78, 5) is 84.2. The normalized spacial score (nSPS) is 21.2. The molecule has 3 heterocycles. The summed E-state index contributed by atoms with van der Waals surface area (Å²) in [5, 5.41) is 6.78. The molecule has 5 atom stereocenters. The Morgan fingerprint density at radius 3 is 2.14 bits per heavy atom. The average molecular weight is 1040 g/mol. The number of hydrogen-bond donors (Lipinski definition) is 2. The Hall–Kier alpha value is -6.26. The van der Waals surface area contributed by atoms with Crippen LogP contribution in [0.1, 0.15) is 69.0 Å². The second-order valence-corrected chi connectivity index (χ2v) is 20.1. The minimum Gasteiger partial charge on any atom is -0.457 e. The van der Waals surface area contributed by atoms with Gasteiger partial charge < -0.3 is 39.4 Å². The number of hydrogen-bond acceptors (Lipinski definition) is 9. The van der Waals surface area contributed by atoms with E-state index in [9.17, 15) is 19.2 Å². The summed E-state index contributed by atoms with van der Waals surface area (Å²) in [5.74, 6) is -1.18. The number of amides is 5. The number of carbonyl (C=O) groups is 5. The van der Waals surface area contributed by atoms with Gasteiger partial charge in [0.1, 0.15) is 29.4 Å². The number of imidazole rings is 1. The van der Waals surface area contributed by atoms with Crippen molar-refractivity contribution in [1.29, 1.82) is 0 Å². The van der Waals surface area contributed by atoms with Crippen molar-refractivity contribution in [1.82, 2.24) is 39.8 Å². The topological polar surface area (TPSA) is 159 Å². The second kappa shape index (κ2) is 25.6. The molecule has 1 aromatic heterocycles. The van der Waals surface area contributed by atoms with E-state index in [0.717, 1.165) is 54.4 Å². The molecular weight excluding hydrogens is 968 g/mol. The molecule has 388 valence electrons. The van der Waals surface area contributed by atoms with E-state index in [1.54, 1.807) is 56.3 Å². The standard InChI is InChI=1S/C56H68Cl2N8O7/c1-7-65-49(33-59-51(65)35-64-25-11-12-26-64)41-18-23-47(24-19-41)73-50-30-45(58)22-17-42(50)34-66-38(3)54(69)61-48(36-72-6)56(71)63(5)46(28-40-15-20-44(57)21-16-40)31-52(67)60-32-37(2)62(4)55(70)43(29-53(66)68)27-39-13-9-8-10-14-39/h8-10,13-24,30,33,37-38,43,46,48H,7,11-12,25-29,31-32,34-36H2,1-6H3,(H,60,67)(H,61,69)/t37-,38-,43+,46-,48-/m0/s1. The molecule has 0 aliphatic carbocycles. The largest absolute Gasteiger partial charge is 0.457 e. The molecule has 0 bridgehead atoms. The van der Waals surface area contributed by atoms with Crippen LogP contribution in [0.25, 0.3) is 11.3 Å². The van der Waals surface area contributed by atoms with Crippen LogP contribution in [0.2, 0.25) is 10.0 Å². The van der Waals surface area contributed by atoms with Gasteiger partial charge in [-0.3, -0.25) is 28.9 Å². The van der Waals surface area contributed by atoms with Crippen LogP contribution in [0.3, 0.4) is 0 Å². The quantitative estimate of drug-likeness (QED) is 0.113. The van der Waals surface area contributed by atoms with Crippen LogP contribution in [0.5, 0.6) is 11.5 Å². The van der Waals surface area contributed by atoms with E-state index in [1.807, 2.05) is 79.9 Å². The van der Waals surface area contributed by atoms with Crippen molar-refractivity contribution in [3.05, 3.63) is 136 Å². The molecule has 0 spiro atoms. The molecule has 2 aliphatic rings. The molecule has 2 fully saturated rings. The SMILES string of the molecule is CCn1c(-c2ccc(Oc3cc(Cl)ccc3CN3C(=O)C[C@@H](Cc4ccccc4)C(=O)N(C)[C@@H](C)CNC(=O)C[C@H](Cc4ccc(Cl)cc4)N(C)C(=O)[C@H](COC)NC(=O)[C@@H]3C)cc2)cnc1CN1CCCC1. The van der Waals surface area contributed by atoms with Crippen molar-refractivity contribution < 1.29 is 33.4 Å². The summed E-state index contributed by atoms with van der Waals surface area (Å²) >= 11 is 12.8. The first kappa shape index (κ1) is 54.5. The van der Waals surface area contributed by atoms with Crippen molar-refractivity contribution in [3.63, 3.8) is 0 Å². The summed E-state index contributed by atoms with van der Waals surface area (Å²) in [6.45, 7) is 9.09. The van der Waals surface area contributed by atoms with Crippen LogP contribution < -0.4 is 15.4 Å². The Balaban J connectivity index is 1.21. The number of nitrogens with one attached hydrogen (secondary N) is 2. The van der Waals surface area contributed by atoms with Crippen molar-refractivity contribution in [3.8, 4) is 22.8 Å². The summed E-state index contributed by atoms with van der Waals surface area (Å²) in [6, 6.07) is 25.9. The first-order chi connectivity index (χ1) is 35.1. The van der Waals surface area contributed by atoms with E-state index in [2.05, 4.69) is 27.0 Å². The summed E-state index contributed by atoms with van der Waals surface area (Å²) in [5.41, 5.74) is 4.21. The number of halogens is 2. The minimum atomic E-state index is -1.19. The van der Waals surface area contributed by atoms with Crippen LogP contribution in [0.15, 0.2) is 103 Å². The van der Waals surface area contributed by atoms with Crippen molar-refractivity contribution in [2.45, 2.75) is 103 Å². The molecular formula is C56H68Cl2N8O7. The Kier molecular flexibility index (Phi) is 19.1. The maximum atomic E-state index is 15.1. The Labute approximate surface area is 439 Å². The van der Waals surface area contributed by atoms with Gasteiger partial charge in [0.05, 0.1) is 37.5 Å². The number of likely N-dealkylation sites (N-methyl/N-ethyl adjacent to an activating group) is 2. The van der Waals surface area contributed by atoms with Gasteiger partial charge in [-0.2, -0.15) is 0 Å². The van der Waals surface area contributed by atoms with Crippen LogP contribution in [0.4, 0.5) is 0 Å². The van der Waals surface area contributed by atoms with Crippen LogP contribution in [0, 0.1) is 5.92 Å². The van der Waals surface area contributed by atoms with E-state index in [1.165, 1.54) is 29.8 Å². The summed E-state index contributed by atoms with van der Waals surface area (Å²) < 4.78 is 14.3. The predicted molar refractivity (Wildman–Crippen MR) is 283 cm³/mol. The summed E-state index contributed by atoms with van der Waals surface area (Å²) in [6.07, 6.45) is 4.53. The first-order valence-electron chi connectivity index (χ1n) is 25.1. The van der Waals surface area contributed by atoms with Crippen molar-refractivity contribution in [2.75, 3.05) is 47.4 Å². The lowest BCUT2D eigenvalue weighted by Gasteiger charge is -2.35. The van der Waals surface area contributed by atoms with Gasteiger partial charge in [0.25, 0.3) is 0 Å². The monoisotopic (exact) mass is 1030 g/mol. The van der Waals surface area contributed by atoms with E-state index < -0.39 is 47.8 Å². The van der Waals surface area contributed by atoms with E-state index in [-0.39, 0.29) is 50.8 Å². The van der Waals surface area contributed by atoms with E-state index >= 15 is 4.79 Å². The second-order valence-electron chi connectivity index (χ2n) is 19.2. The highest BCUT2D eigenvalue weighted by Gasteiger charge is 2.36. The van der Waals surface area contributed by atoms with Gasteiger partial charge in [-0.15, -0.1) is 0 Å². The average Bonchev–Trinajstić information content (AvgIpc) is 4.07. The number of ether oxygens (including phenoxy) is 2. The van der Waals surface area contributed by atoms with Crippen LogP contribution in [-0.4, -0.2) is 130 Å². The summed E-state index contributed by atoms with van der Waals surface area (Å²) in [7, 11) is 4.67. The fourth-order valence-electron chi connectivity index (χ4n) is 9.57. The molecule has 0 saturated carbocycles. The Morgan fingerprint density at radius 1 is 0.767 bits per heavy atom. The number of benzene rings is 4. The number of likely N-dealkylation sites (tertiary alicyclic amines) is 1. The predicted octanol–water partition coefficient (Wildman–Crippen LogP) is 7.80. The first-order valence-corrected chi connectivity index (χ1v) is 25.9. The third kappa shape index (κ3) is 14.3. The Bertz CT molecular complexity index is 2680. The Morgan fingerprint density at radius 2 is 1.45 bits per heavy atom. The minimum absolute atomic E-state index is 0.0713. The number of aromatic nitrogens is 2. The third-order valence-corrected chi connectivity index (χ3v) is 14.6. The van der Waals surface area contributed by atoms with Crippen LogP contribution in [-0.2, 0) is 61.2 Å². The van der Waals surface area contributed by atoms with Crippen molar-refractivity contribution in [2.24, 2.45) is 5.92 Å². The molecule has 2 aliphatic heterocycles. The van der Waals surface area contributed by atoms with Crippen molar-refractivity contribution >= 4 is 52.7 Å². The van der Waals surface area contributed by atoms with Crippen LogP contribution >= 0.6 is 23.2 Å². The van der Waals surface area contributed by atoms with E-state index in [0.29, 0.717) is 33.5 Å². The molecule has 2 N–H and O–H groups in total. The number of nitrogens with zero attached hydrogens (tertiary/aromatic N) is 6. The molecule has 5 amide bonds. The van der Waals surface area contributed by atoms with E-state index in [4.69, 9.17) is 37.7 Å². The lowest BCUT2D eigenvalue weighted by atomic mass is 9.93. The van der Waals surface area contributed by atoms with Gasteiger partial charge in [-0.05, 0) is 119 Å². The number of methoxy groups -OCH3 is 1. The molecule has 0 unspecified atom stereocenters.